The van der Waals surface area contributed by atoms with Crippen LogP contribution in [0.25, 0.3) is 0 Å². The number of amides is 1. The first kappa shape index (κ1) is 16.6. The molecule has 0 saturated carbocycles. The first-order valence-electron chi connectivity index (χ1n) is 7.54. The number of aryl methyl sites for hydroxylation is 1. The van der Waals surface area contributed by atoms with Crippen molar-refractivity contribution in [2.24, 2.45) is 0 Å². The summed E-state index contributed by atoms with van der Waals surface area (Å²) in [6.45, 7) is 7.92. The molecule has 2 aromatic rings. The molecule has 0 spiro atoms. The quantitative estimate of drug-likeness (QED) is 0.791. The van der Waals surface area contributed by atoms with Crippen molar-refractivity contribution in [2.75, 3.05) is 23.3 Å². The van der Waals surface area contributed by atoms with Crippen LogP contribution in [0.2, 0.25) is 0 Å². The first-order chi connectivity index (χ1) is 10.9. The van der Waals surface area contributed by atoms with Crippen LogP contribution in [0.3, 0.4) is 0 Å². The van der Waals surface area contributed by atoms with Gasteiger partial charge >= 0.3 is 0 Å². The number of aromatic amines is 1. The maximum Gasteiger partial charge on any atom is 0.256 e. The lowest BCUT2D eigenvalue weighted by Crippen LogP contribution is -2.22. The summed E-state index contributed by atoms with van der Waals surface area (Å²) in [7, 11) is 0. The Balaban J connectivity index is 2.23. The van der Waals surface area contributed by atoms with Crippen LogP contribution in [-0.4, -0.2) is 29.1 Å². The third-order valence-electron chi connectivity index (χ3n) is 3.68. The zero-order valence-corrected chi connectivity index (χ0v) is 13.5. The minimum Gasteiger partial charge on any atom is -0.494 e. The van der Waals surface area contributed by atoms with Gasteiger partial charge in [-0.15, -0.1) is 0 Å². The number of aromatic hydroxyl groups is 1. The van der Waals surface area contributed by atoms with Gasteiger partial charge in [-0.1, -0.05) is 0 Å². The molecule has 0 unspecified atom stereocenters. The monoisotopic (exact) mass is 315 g/mol. The average Bonchev–Trinajstić information content (AvgIpc) is 2.50. The maximum absolute atomic E-state index is 12.2. The normalized spacial score (nSPS) is 10.4. The number of hydrogen-bond donors (Lipinski definition) is 3. The number of nitrogens with zero attached hydrogens (tertiary/aromatic N) is 1. The van der Waals surface area contributed by atoms with E-state index in [1.165, 1.54) is 6.07 Å². The molecule has 0 fully saturated rings. The van der Waals surface area contributed by atoms with Crippen molar-refractivity contribution < 1.29 is 9.90 Å². The van der Waals surface area contributed by atoms with E-state index in [0.29, 0.717) is 5.69 Å². The van der Waals surface area contributed by atoms with Crippen LogP contribution in [-0.2, 0) is 0 Å². The van der Waals surface area contributed by atoms with Gasteiger partial charge < -0.3 is 15.3 Å². The highest BCUT2D eigenvalue weighted by Gasteiger charge is 2.11. The molecule has 0 atom stereocenters. The van der Waals surface area contributed by atoms with Gasteiger partial charge in [0.25, 0.3) is 11.5 Å². The lowest BCUT2D eigenvalue weighted by molar-refractivity contribution is 0.102. The summed E-state index contributed by atoms with van der Waals surface area (Å²) in [5, 5.41) is 12.1. The molecule has 1 aromatic heterocycles. The largest absolute Gasteiger partial charge is 0.494 e. The summed E-state index contributed by atoms with van der Waals surface area (Å²) in [5.74, 6) is -0.777. The van der Waals surface area contributed by atoms with Gasteiger partial charge in [0, 0.05) is 36.6 Å². The van der Waals surface area contributed by atoms with E-state index in [2.05, 4.69) is 29.0 Å². The van der Waals surface area contributed by atoms with Crippen molar-refractivity contribution in [1.82, 2.24) is 4.98 Å². The second-order valence-electron chi connectivity index (χ2n) is 5.24. The number of anilines is 2. The topological polar surface area (TPSA) is 85.4 Å². The number of aromatic nitrogens is 1. The summed E-state index contributed by atoms with van der Waals surface area (Å²) >= 11 is 0. The second-order valence-corrected chi connectivity index (χ2v) is 5.24. The molecule has 1 aromatic carbocycles. The van der Waals surface area contributed by atoms with Gasteiger partial charge in [-0.2, -0.15) is 0 Å². The van der Waals surface area contributed by atoms with E-state index in [4.69, 9.17) is 0 Å². The van der Waals surface area contributed by atoms with Crippen LogP contribution < -0.4 is 15.8 Å². The van der Waals surface area contributed by atoms with Crippen molar-refractivity contribution in [2.45, 2.75) is 20.8 Å². The first-order valence-corrected chi connectivity index (χ1v) is 7.54. The van der Waals surface area contributed by atoms with Gasteiger partial charge in [-0.25, -0.2) is 0 Å². The third-order valence-corrected chi connectivity index (χ3v) is 3.68. The minimum atomic E-state index is -0.524. The molecule has 6 nitrogen and oxygen atoms in total. The van der Waals surface area contributed by atoms with Crippen LogP contribution in [0.1, 0.15) is 29.8 Å². The van der Waals surface area contributed by atoms with E-state index in [-0.39, 0.29) is 11.4 Å². The third kappa shape index (κ3) is 3.91. The molecule has 6 heteroatoms. The van der Waals surface area contributed by atoms with E-state index >= 15 is 0 Å². The van der Waals surface area contributed by atoms with E-state index in [0.717, 1.165) is 30.4 Å². The molecule has 122 valence electrons. The van der Waals surface area contributed by atoms with Gasteiger partial charge in [0.1, 0.15) is 0 Å². The summed E-state index contributed by atoms with van der Waals surface area (Å²) in [4.78, 5) is 27.9. The fourth-order valence-electron chi connectivity index (χ4n) is 2.43. The number of H-pyrrole nitrogens is 1. The molecule has 3 N–H and O–H groups in total. The molecular weight excluding hydrogens is 294 g/mol. The highest BCUT2D eigenvalue weighted by molar-refractivity contribution is 6.04. The Morgan fingerprint density at radius 3 is 2.48 bits per heavy atom. The molecule has 1 heterocycles. The number of pyridine rings is 1. The Bertz CT molecular complexity index is 764. The predicted octanol–water partition coefficient (Wildman–Crippen LogP) is 2.49. The number of nitrogens with one attached hydrogen (secondary N) is 2. The standard InChI is InChI=1S/C17H21N3O3/c1-4-20(5-2)13-6-7-14(11(3)8-13)18-17(23)12-9-15(21)19-16(22)10-12/h6-10H,4-5H2,1-3H3,(H,18,23)(H2,19,21,22). The van der Waals surface area contributed by atoms with Crippen LogP contribution >= 0.6 is 0 Å². The number of hydrogen-bond acceptors (Lipinski definition) is 4. The number of carbonyl (C=O) groups excluding carboxylic acids is 1. The van der Waals surface area contributed by atoms with Gasteiger partial charge in [-0.3, -0.25) is 14.6 Å². The Hall–Kier alpha value is -2.76. The van der Waals surface area contributed by atoms with Gasteiger partial charge in [0.2, 0.25) is 0 Å². The summed E-state index contributed by atoms with van der Waals surface area (Å²) < 4.78 is 0. The lowest BCUT2D eigenvalue weighted by Gasteiger charge is -2.22. The average molecular weight is 315 g/mol. The fraction of sp³-hybridized carbons (Fsp3) is 0.294. The molecule has 0 saturated heterocycles. The molecule has 0 radical (unpaired) electrons. The second kappa shape index (κ2) is 7.00. The molecule has 0 bridgehead atoms. The molecule has 0 aliphatic rings. The molecule has 0 aliphatic heterocycles. The Morgan fingerprint density at radius 1 is 1.22 bits per heavy atom. The zero-order valence-electron chi connectivity index (χ0n) is 13.5. The minimum absolute atomic E-state index is 0.110. The highest BCUT2D eigenvalue weighted by Crippen LogP contribution is 2.23. The summed E-state index contributed by atoms with van der Waals surface area (Å²) in [6.07, 6.45) is 0. The predicted molar refractivity (Wildman–Crippen MR) is 91.4 cm³/mol. The van der Waals surface area contributed by atoms with Crippen molar-refractivity contribution >= 4 is 17.3 Å². The smallest absolute Gasteiger partial charge is 0.256 e. The Labute approximate surface area is 134 Å². The van der Waals surface area contributed by atoms with Crippen LogP contribution in [0.15, 0.2) is 35.1 Å². The summed E-state index contributed by atoms with van der Waals surface area (Å²) in [6, 6.07) is 8.17. The van der Waals surface area contributed by atoms with E-state index < -0.39 is 11.5 Å². The lowest BCUT2D eigenvalue weighted by atomic mass is 10.1. The number of rotatable bonds is 5. The van der Waals surface area contributed by atoms with Crippen LogP contribution in [0.4, 0.5) is 11.4 Å². The van der Waals surface area contributed by atoms with E-state index in [1.54, 1.807) is 0 Å². The molecule has 1 amide bonds. The highest BCUT2D eigenvalue weighted by atomic mass is 16.3. The number of carbonyl (C=O) groups is 1. The van der Waals surface area contributed by atoms with Crippen LogP contribution in [0, 0.1) is 6.92 Å². The van der Waals surface area contributed by atoms with Crippen molar-refractivity contribution in [3.05, 3.63) is 51.8 Å². The van der Waals surface area contributed by atoms with E-state index in [9.17, 15) is 14.7 Å². The molecule has 23 heavy (non-hydrogen) atoms. The maximum atomic E-state index is 12.2. The van der Waals surface area contributed by atoms with Crippen molar-refractivity contribution in [3.8, 4) is 5.88 Å². The van der Waals surface area contributed by atoms with Crippen molar-refractivity contribution in [3.63, 3.8) is 0 Å². The number of benzene rings is 1. The van der Waals surface area contributed by atoms with E-state index in [1.807, 2.05) is 25.1 Å². The van der Waals surface area contributed by atoms with Crippen molar-refractivity contribution in [1.29, 1.82) is 0 Å². The summed E-state index contributed by atoms with van der Waals surface area (Å²) in [5.41, 5.74) is 2.28. The van der Waals surface area contributed by atoms with Gasteiger partial charge in [0.05, 0.1) is 5.56 Å². The fourth-order valence-corrected chi connectivity index (χ4v) is 2.43. The van der Waals surface area contributed by atoms with Gasteiger partial charge in [-0.05, 0) is 44.5 Å². The zero-order chi connectivity index (χ0) is 17.0. The van der Waals surface area contributed by atoms with Crippen LogP contribution in [0.5, 0.6) is 5.88 Å². The SMILES string of the molecule is CCN(CC)c1ccc(NC(=O)c2cc(O)[nH]c(=O)c2)c(C)c1. The Kier molecular flexibility index (Phi) is 5.05. The molecule has 0 aliphatic carbocycles. The Morgan fingerprint density at radius 2 is 1.91 bits per heavy atom. The van der Waals surface area contributed by atoms with Gasteiger partial charge in [0.15, 0.2) is 5.88 Å². The molecular formula is C17H21N3O3. The molecule has 2 rings (SSSR count).